The van der Waals surface area contributed by atoms with Crippen molar-refractivity contribution in [3.63, 3.8) is 0 Å². The molecule has 10 heavy (non-hydrogen) atoms. The molecule has 0 aliphatic rings. The highest BCUT2D eigenvalue weighted by atomic mass is 16.5. The number of methoxy groups -OCH3 is 2. The van der Waals surface area contributed by atoms with Gasteiger partial charge < -0.3 is 9.47 Å². The molecular formula is C8H18O2. The van der Waals surface area contributed by atoms with E-state index in [0.29, 0.717) is 12.0 Å². The Labute approximate surface area is 63.5 Å². The van der Waals surface area contributed by atoms with Crippen molar-refractivity contribution in [3.05, 3.63) is 0 Å². The maximum atomic E-state index is 5.23. The number of hydrogen-bond acceptors (Lipinski definition) is 2. The minimum atomic E-state index is 0.347. The van der Waals surface area contributed by atoms with Crippen LogP contribution in [0.15, 0.2) is 0 Å². The Morgan fingerprint density at radius 1 is 1.20 bits per heavy atom. The summed E-state index contributed by atoms with van der Waals surface area (Å²) in [6, 6.07) is 0. The van der Waals surface area contributed by atoms with E-state index in [-0.39, 0.29) is 0 Å². The summed E-state index contributed by atoms with van der Waals surface area (Å²) in [4.78, 5) is 0. The molecule has 0 aromatic rings. The van der Waals surface area contributed by atoms with Crippen molar-refractivity contribution in [3.8, 4) is 0 Å². The molecule has 0 spiro atoms. The molecule has 0 heterocycles. The third-order valence-electron chi connectivity index (χ3n) is 1.65. The highest BCUT2D eigenvalue weighted by molar-refractivity contribution is 4.60. The molecule has 62 valence electrons. The molecule has 0 aromatic heterocycles. The number of rotatable bonds is 5. The van der Waals surface area contributed by atoms with Gasteiger partial charge in [0.05, 0.1) is 6.10 Å². The molecule has 2 nitrogen and oxygen atoms in total. The van der Waals surface area contributed by atoms with E-state index in [0.717, 1.165) is 13.0 Å². The van der Waals surface area contributed by atoms with E-state index >= 15 is 0 Å². The van der Waals surface area contributed by atoms with Crippen LogP contribution in [0.1, 0.15) is 20.3 Å². The van der Waals surface area contributed by atoms with Gasteiger partial charge in [-0.15, -0.1) is 0 Å². The molecule has 0 aliphatic carbocycles. The van der Waals surface area contributed by atoms with Gasteiger partial charge in [0.1, 0.15) is 0 Å². The normalized spacial score (nSPS) is 14.1. The molecule has 0 aromatic carbocycles. The van der Waals surface area contributed by atoms with Crippen LogP contribution in [0.4, 0.5) is 0 Å². The van der Waals surface area contributed by atoms with E-state index in [1.165, 1.54) is 0 Å². The van der Waals surface area contributed by atoms with E-state index in [4.69, 9.17) is 9.47 Å². The second-order valence-corrected chi connectivity index (χ2v) is 2.80. The Hall–Kier alpha value is -0.0800. The maximum Gasteiger partial charge on any atom is 0.0616 e. The molecule has 1 unspecified atom stereocenters. The zero-order valence-corrected chi connectivity index (χ0v) is 7.39. The smallest absolute Gasteiger partial charge is 0.0616 e. The summed E-state index contributed by atoms with van der Waals surface area (Å²) < 4.78 is 10.2. The Bertz CT molecular complexity index is 71.7. The lowest BCUT2D eigenvalue weighted by Crippen LogP contribution is -2.19. The highest BCUT2D eigenvalue weighted by Crippen LogP contribution is 2.08. The van der Waals surface area contributed by atoms with Crippen molar-refractivity contribution in [2.45, 2.75) is 26.4 Å². The van der Waals surface area contributed by atoms with Crippen molar-refractivity contribution in [1.82, 2.24) is 0 Å². The molecule has 0 N–H and O–H groups in total. The molecule has 1 atom stereocenters. The fourth-order valence-corrected chi connectivity index (χ4v) is 0.957. The minimum absolute atomic E-state index is 0.347. The lowest BCUT2D eigenvalue weighted by atomic mass is 10.1. The third-order valence-corrected chi connectivity index (χ3v) is 1.65. The van der Waals surface area contributed by atoms with Gasteiger partial charge in [0.25, 0.3) is 0 Å². The first-order chi connectivity index (χ1) is 4.72. The third kappa shape index (κ3) is 3.85. The Kier molecular flexibility index (Phi) is 5.64. The second kappa shape index (κ2) is 5.69. The maximum absolute atomic E-state index is 5.23. The standard InChI is InChI=1S/C8H18O2/c1-7(2)8(10-4)5-6-9-3/h7-8H,5-6H2,1-4H3. The SMILES string of the molecule is COCCC(OC)C(C)C. The fourth-order valence-electron chi connectivity index (χ4n) is 0.957. The van der Waals surface area contributed by atoms with Gasteiger partial charge in [-0.05, 0) is 12.3 Å². The van der Waals surface area contributed by atoms with E-state index in [1.54, 1.807) is 14.2 Å². The van der Waals surface area contributed by atoms with Gasteiger partial charge in [-0.25, -0.2) is 0 Å². The largest absolute Gasteiger partial charge is 0.385 e. The Morgan fingerprint density at radius 3 is 2.10 bits per heavy atom. The van der Waals surface area contributed by atoms with Crippen molar-refractivity contribution in [2.75, 3.05) is 20.8 Å². The zero-order chi connectivity index (χ0) is 7.98. The van der Waals surface area contributed by atoms with Crippen molar-refractivity contribution >= 4 is 0 Å². The molecule has 2 heteroatoms. The first kappa shape index (κ1) is 9.92. The van der Waals surface area contributed by atoms with Crippen molar-refractivity contribution in [2.24, 2.45) is 5.92 Å². The summed E-state index contributed by atoms with van der Waals surface area (Å²) in [6.45, 7) is 5.10. The molecule has 0 radical (unpaired) electrons. The average Bonchev–Trinajstić information content (AvgIpc) is 1.89. The first-order valence-corrected chi connectivity index (χ1v) is 3.74. The molecule has 0 bridgehead atoms. The second-order valence-electron chi connectivity index (χ2n) is 2.80. The summed E-state index contributed by atoms with van der Waals surface area (Å²) in [5.41, 5.74) is 0. The molecule has 0 fully saturated rings. The fraction of sp³-hybridized carbons (Fsp3) is 1.00. The van der Waals surface area contributed by atoms with Crippen LogP contribution in [0, 0.1) is 5.92 Å². The van der Waals surface area contributed by atoms with Gasteiger partial charge in [0.15, 0.2) is 0 Å². The van der Waals surface area contributed by atoms with Gasteiger partial charge in [0.2, 0.25) is 0 Å². The van der Waals surface area contributed by atoms with Crippen LogP contribution in [0.2, 0.25) is 0 Å². The van der Waals surface area contributed by atoms with Crippen molar-refractivity contribution in [1.29, 1.82) is 0 Å². The predicted molar refractivity (Wildman–Crippen MR) is 42.1 cm³/mol. The quantitative estimate of drug-likeness (QED) is 0.587. The van der Waals surface area contributed by atoms with Gasteiger partial charge in [0, 0.05) is 20.8 Å². The summed E-state index contributed by atoms with van der Waals surface area (Å²) >= 11 is 0. The van der Waals surface area contributed by atoms with Crippen LogP contribution >= 0.6 is 0 Å². The van der Waals surface area contributed by atoms with E-state index < -0.39 is 0 Å². The molecule has 0 saturated carbocycles. The zero-order valence-electron chi connectivity index (χ0n) is 7.39. The monoisotopic (exact) mass is 146 g/mol. The Morgan fingerprint density at radius 2 is 1.80 bits per heavy atom. The summed E-state index contributed by atoms with van der Waals surface area (Å²) in [5.74, 6) is 0.583. The van der Waals surface area contributed by atoms with E-state index in [1.807, 2.05) is 0 Å². The average molecular weight is 146 g/mol. The molecule has 0 rings (SSSR count). The highest BCUT2D eigenvalue weighted by Gasteiger charge is 2.10. The van der Waals surface area contributed by atoms with Crippen molar-refractivity contribution < 1.29 is 9.47 Å². The van der Waals surface area contributed by atoms with Crippen LogP contribution in [0.3, 0.4) is 0 Å². The number of ether oxygens (including phenoxy) is 2. The molecular weight excluding hydrogens is 128 g/mol. The summed E-state index contributed by atoms with van der Waals surface area (Å²) in [7, 11) is 3.47. The lowest BCUT2D eigenvalue weighted by Gasteiger charge is -2.18. The molecule has 0 aliphatic heterocycles. The lowest BCUT2D eigenvalue weighted by molar-refractivity contribution is 0.0361. The predicted octanol–water partition coefficient (Wildman–Crippen LogP) is 1.69. The van der Waals surface area contributed by atoms with Crippen LogP contribution in [-0.4, -0.2) is 26.9 Å². The van der Waals surface area contributed by atoms with Crippen LogP contribution in [0.5, 0.6) is 0 Å². The van der Waals surface area contributed by atoms with Crippen LogP contribution in [-0.2, 0) is 9.47 Å². The van der Waals surface area contributed by atoms with Gasteiger partial charge in [-0.2, -0.15) is 0 Å². The minimum Gasteiger partial charge on any atom is -0.385 e. The van der Waals surface area contributed by atoms with Crippen LogP contribution in [0.25, 0.3) is 0 Å². The van der Waals surface area contributed by atoms with E-state index in [9.17, 15) is 0 Å². The van der Waals surface area contributed by atoms with E-state index in [2.05, 4.69) is 13.8 Å². The summed E-state index contributed by atoms with van der Waals surface area (Å²) in [6.07, 6.45) is 1.34. The van der Waals surface area contributed by atoms with Crippen LogP contribution < -0.4 is 0 Å². The molecule has 0 amide bonds. The van der Waals surface area contributed by atoms with Gasteiger partial charge >= 0.3 is 0 Å². The Balaban J connectivity index is 3.40. The van der Waals surface area contributed by atoms with Gasteiger partial charge in [-0.3, -0.25) is 0 Å². The molecule has 0 saturated heterocycles. The van der Waals surface area contributed by atoms with Gasteiger partial charge in [-0.1, -0.05) is 13.8 Å². The summed E-state index contributed by atoms with van der Waals surface area (Å²) in [5, 5.41) is 0. The topological polar surface area (TPSA) is 18.5 Å². The number of hydrogen-bond donors (Lipinski definition) is 0. The first-order valence-electron chi connectivity index (χ1n) is 3.74.